The van der Waals surface area contributed by atoms with Gasteiger partial charge in [0.2, 0.25) is 10.0 Å². The molecule has 0 saturated heterocycles. The van der Waals surface area contributed by atoms with Gasteiger partial charge in [-0.1, -0.05) is 0 Å². The van der Waals surface area contributed by atoms with Gasteiger partial charge < -0.3 is 10.3 Å². The maximum atomic E-state index is 12.0. The molecule has 0 radical (unpaired) electrons. The van der Waals surface area contributed by atoms with E-state index in [0.717, 1.165) is 0 Å². The molecule has 9 heteroatoms. The van der Waals surface area contributed by atoms with Gasteiger partial charge in [0, 0.05) is 17.6 Å². The first-order valence-electron chi connectivity index (χ1n) is 6.67. The second-order valence-electron chi connectivity index (χ2n) is 5.33. The highest BCUT2D eigenvalue weighted by molar-refractivity contribution is 7.93. The summed E-state index contributed by atoms with van der Waals surface area (Å²) in [6.07, 6.45) is 2.71. The number of hydrogen-bond acceptors (Lipinski definition) is 5. The van der Waals surface area contributed by atoms with Crippen LogP contribution >= 0.6 is 0 Å². The van der Waals surface area contributed by atoms with E-state index in [2.05, 4.69) is 14.9 Å². The predicted molar refractivity (Wildman–Crippen MR) is 79.9 cm³/mol. The third kappa shape index (κ3) is 1.93. The number of nitrogens with one attached hydrogen (secondary N) is 2. The van der Waals surface area contributed by atoms with Crippen molar-refractivity contribution in [3.05, 3.63) is 23.9 Å². The minimum absolute atomic E-state index is 0.237. The number of nitrogens with two attached hydrogens (primary N) is 1. The van der Waals surface area contributed by atoms with Crippen molar-refractivity contribution < 1.29 is 17.7 Å². The van der Waals surface area contributed by atoms with E-state index in [0.29, 0.717) is 34.7 Å². The number of aromatic amines is 1. The van der Waals surface area contributed by atoms with Crippen LogP contribution in [-0.4, -0.2) is 29.7 Å². The second-order valence-corrected chi connectivity index (χ2v) is 7.29. The molecule has 1 fully saturated rings. The lowest BCUT2D eigenvalue weighted by Crippen LogP contribution is -2.17. The van der Waals surface area contributed by atoms with E-state index < -0.39 is 15.9 Å². The van der Waals surface area contributed by atoms with Crippen molar-refractivity contribution in [1.29, 1.82) is 0 Å². The lowest BCUT2D eigenvalue weighted by Gasteiger charge is -2.03. The van der Waals surface area contributed by atoms with Gasteiger partial charge in [-0.3, -0.25) is 14.5 Å². The summed E-state index contributed by atoms with van der Waals surface area (Å²) in [6, 6.07) is 3.27. The number of carbonyl (C=O) groups excluding carboxylic acids is 1. The fraction of sp³-hybridized carbons (Fsp3) is 0.231. The van der Waals surface area contributed by atoms with Gasteiger partial charge in [0.1, 0.15) is 0 Å². The molecule has 8 nitrogen and oxygen atoms in total. The number of anilines is 1. The first-order valence-corrected chi connectivity index (χ1v) is 8.21. The quantitative estimate of drug-likeness (QED) is 0.667. The second kappa shape index (κ2) is 4.23. The van der Waals surface area contributed by atoms with Crippen LogP contribution in [-0.2, 0) is 10.0 Å². The number of hydrogen-bond donors (Lipinski definition) is 3. The lowest BCUT2D eigenvalue weighted by molar-refractivity contribution is 0.100. The van der Waals surface area contributed by atoms with Gasteiger partial charge in [0.15, 0.2) is 11.4 Å². The van der Waals surface area contributed by atoms with Crippen molar-refractivity contribution in [2.75, 3.05) is 4.72 Å². The molecule has 1 saturated carbocycles. The molecule has 0 aliphatic heterocycles. The molecule has 3 aromatic rings. The van der Waals surface area contributed by atoms with Crippen LogP contribution < -0.4 is 10.5 Å². The average molecular weight is 320 g/mol. The van der Waals surface area contributed by atoms with Crippen LogP contribution in [0.5, 0.6) is 0 Å². The smallest absolute Gasteiger partial charge is 0.250 e. The van der Waals surface area contributed by atoms with E-state index in [-0.39, 0.29) is 16.6 Å². The molecule has 1 amide bonds. The fourth-order valence-corrected chi connectivity index (χ4v) is 3.77. The van der Waals surface area contributed by atoms with Crippen molar-refractivity contribution in [3.63, 3.8) is 0 Å². The van der Waals surface area contributed by atoms with E-state index >= 15 is 0 Å². The number of nitrogens with zero attached hydrogens (tertiary/aromatic N) is 1. The van der Waals surface area contributed by atoms with Crippen molar-refractivity contribution in [1.82, 2.24) is 10.1 Å². The van der Waals surface area contributed by atoms with Crippen LogP contribution in [0.1, 0.15) is 23.2 Å². The molecule has 0 spiro atoms. The van der Waals surface area contributed by atoms with Crippen molar-refractivity contribution >= 4 is 43.6 Å². The standard InChI is InChI=1S/C13H12N4O4S/c14-12(18)9-5-15-10-4-11-8(3-7(9)10)13(16-21-11)17-22(19,20)6-1-2-6/h3-6,16-17H,1-2H2,(H2,14,18). The lowest BCUT2D eigenvalue weighted by atomic mass is 10.1. The summed E-state index contributed by atoms with van der Waals surface area (Å²) in [7, 11) is -3.42. The molecule has 0 unspecified atom stereocenters. The van der Waals surface area contributed by atoms with E-state index in [1.165, 1.54) is 6.20 Å². The zero-order valence-electron chi connectivity index (χ0n) is 11.3. The zero-order chi connectivity index (χ0) is 15.5. The first kappa shape index (κ1) is 13.1. The highest BCUT2D eigenvalue weighted by atomic mass is 32.2. The Balaban J connectivity index is 1.87. The summed E-state index contributed by atoms with van der Waals surface area (Å²) in [5, 5.41) is 3.28. The van der Waals surface area contributed by atoms with E-state index in [1.807, 2.05) is 0 Å². The maximum Gasteiger partial charge on any atom is 0.250 e. The Bertz CT molecular complexity index is 1010. The number of benzene rings is 1. The molecule has 114 valence electrons. The molecule has 1 aromatic carbocycles. The number of carbonyl (C=O) groups is 1. The van der Waals surface area contributed by atoms with Crippen LogP contribution in [0.15, 0.2) is 22.9 Å². The molecule has 0 atom stereocenters. The molecule has 4 rings (SSSR count). The minimum atomic E-state index is -3.42. The fourth-order valence-electron chi connectivity index (χ4n) is 2.41. The minimum Gasteiger partial charge on any atom is -0.380 e. The molecular formula is C13H12N4O4S. The van der Waals surface area contributed by atoms with E-state index in [9.17, 15) is 13.2 Å². The van der Waals surface area contributed by atoms with Gasteiger partial charge in [0.05, 0.1) is 21.7 Å². The van der Waals surface area contributed by atoms with Crippen molar-refractivity contribution in [3.8, 4) is 0 Å². The Labute approximate surface area is 124 Å². The molecular weight excluding hydrogens is 308 g/mol. The number of aromatic nitrogens is 2. The zero-order valence-corrected chi connectivity index (χ0v) is 12.1. The summed E-state index contributed by atoms with van der Waals surface area (Å²) in [6.45, 7) is 0. The molecule has 4 N–H and O–H groups in total. The number of sulfonamides is 1. The van der Waals surface area contributed by atoms with Crippen molar-refractivity contribution in [2.45, 2.75) is 18.1 Å². The third-order valence-electron chi connectivity index (χ3n) is 3.73. The summed E-state index contributed by atoms with van der Waals surface area (Å²) in [5.74, 6) is -0.352. The number of amides is 1. The van der Waals surface area contributed by atoms with Gasteiger partial charge >= 0.3 is 0 Å². The first-order chi connectivity index (χ1) is 10.5. The molecule has 1 aliphatic carbocycles. The largest absolute Gasteiger partial charge is 0.380 e. The van der Waals surface area contributed by atoms with Crippen LogP contribution in [0.2, 0.25) is 0 Å². The SMILES string of the molecule is NC(=O)c1cnc2cc3o[nH]c(NS(=O)(=O)C4CC4)c3cc12. The van der Waals surface area contributed by atoms with E-state index in [1.54, 1.807) is 12.1 Å². The summed E-state index contributed by atoms with van der Waals surface area (Å²) >= 11 is 0. The summed E-state index contributed by atoms with van der Waals surface area (Å²) < 4.78 is 31.8. The van der Waals surface area contributed by atoms with Crippen LogP contribution in [0.3, 0.4) is 0 Å². The highest BCUT2D eigenvalue weighted by Crippen LogP contribution is 2.33. The molecule has 0 bridgehead atoms. The van der Waals surface area contributed by atoms with Crippen LogP contribution in [0.25, 0.3) is 21.9 Å². The summed E-state index contributed by atoms with van der Waals surface area (Å²) in [5.41, 5.74) is 6.59. The summed E-state index contributed by atoms with van der Waals surface area (Å²) in [4.78, 5) is 15.5. The van der Waals surface area contributed by atoms with E-state index in [4.69, 9.17) is 10.3 Å². The number of fused-ring (bicyclic) bond motifs is 2. The Kier molecular flexibility index (Phi) is 2.52. The van der Waals surface area contributed by atoms with Gasteiger partial charge in [-0.05, 0) is 18.9 Å². The van der Waals surface area contributed by atoms with Gasteiger partial charge in [-0.25, -0.2) is 13.6 Å². The number of rotatable bonds is 4. The van der Waals surface area contributed by atoms with Gasteiger partial charge in [-0.15, -0.1) is 0 Å². The highest BCUT2D eigenvalue weighted by Gasteiger charge is 2.36. The average Bonchev–Trinajstić information content (AvgIpc) is 3.15. The Morgan fingerprint density at radius 1 is 1.36 bits per heavy atom. The van der Waals surface area contributed by atoms with Crippen LogP contribution in [0.4, 0.5) is 5.82 Å². The van der Waals surface area contributed by atoms with Crippen LogP contribution in [0, 0.1) is 0 Å². The normalized spacial score (nSPS) is 15.5. The Morgan fingerprint density at radius 3 is 2.82 bits per heavy atom. The number of primary amides is 1. The van der Waals surface area contributed by atoms with Crippen molar-refractivity contribution in [2.24, 2.45) is 5.73 Å². The monoisotopic (exact) mass is 320 g/mol. The molecule has 22 heavy (non-hydrogen) atoms. The topological polar surface area (TPSA) is 131 Å². The third-order valence-corrected chi connectivity index (χ3v) is 5.56. The predicted octanol–water partition coefficient (Wildman–Crippen LogP) is 1.31. The van der Waals surface area contributed by atoms with Gasteiger partial charge in [-0.2, -0.15) is 0 Å². The molecule has 2 heterocycles. The van der Waals surface area contributed by atoms with Gasteiger partial charge in [0.25, 0.3) is 5.91 Å². The Morgan fingerprint density at radius 2 is 2.14 bits per heavy atom. The molecule has 2 aromatic heterocycles. The maximum absolute atomic E-state index is 12.0. The molecule has 1 aliphatic rings. The Hall–Kier alpha value is -2.55. The number of H-pyrrole nitrogens is 1.